The van der Waals surface area contributed by atoms with Gasteiger partial charge in [0.2, 0.25) is 11.5 Å². The number of hydrogen-bond acceptors (Lipinski definition) is 13. The molecule has 0 saturated carbocycles. The molecule has 2 aliphatic rings. The van der Waals surface area contributed by atoms with E-state index < -0.39 is 35.3 Å². The zero-order chi connectivity index (χ0) is 32.8. The van der Waals surface area contributed by atoms with Crippen LogP contribution in [-0.4, -0.2) is 67.0 Å². The third-order valence-electron chi connectivity index (χ3n) is 7.05. The molecule has 0 spiro atoms. The van der Waals surface area contributed by atoms with E-state index in [1.807, 2.05) is 84.3 Å². The summed E-state index contributed by atoms with van der Waals surface area (Å²) < 4.78 is 10.2. The number of β-lactam (4-membered cyclic amide) rings is 1. The summed E-state index contributed by atoms with van der Waals surface area (Å²) in [5, 5.41) is 7.87. The molecular formula is C32H27N7O5S3. The summed E-state index contributed by atoms with van der Waals surface area (Å²) in [5.74, 6) is -1.49. The van der Waals surface area contributed by atoms with Gasteiger partial charge in [-0.1, -0.05) is 83.6 Å². The number of nitrogens with zero attached hydrogens (tertiary/aromatic N) is 5. The highest BCUT2D eigenvalue weighted by Crippen LogP contribution is 2.45. The van der Waals surface area contributed by atoms with Crippen molar-refractivity contribution in [1.29, 1.82) is 0 Å². The number of aromatic nitrogens is 3. The molecule has 2 amide bonds. The number of oxime groups is 1. The molecule has 4 aromatic rings. The molecule has 0 aliphatic carbocycles. The van der Waals surface area contributed by atoms with E-state index in [0.717, 1.165) is 28.2 Å². The number of hydrogen-bond donors (Lipinski definition) is 2. The maximum Gasteiger partial charge on any atom is 0.356 e. The molecule has 12 nitrogen and oxygen atoms in total. The number of benzene rings is 2. The second-order valence-electron chi connectivity index (χ2n) is 10.0. The molecule has 2 unspecified atom stereocenters. The van der Waals surface area contributed by atoms with Gasteiger partial charge in [-0.3, -0.25) is 19.5 Å². The van der Waals surface area contributed by atoms with Gasteiger partial charge in [-0.2, -0.15) is 9.36 Å². The van der Waals surface area contributed by atoms with E-state index in [0.29, 0.717) is 10.7 Å². The Morgan fingerprint density at radius 3 is 2.45 bits per heavy atom. The highest BCUT2D eigenvalue weighted by Gasteiger charge is 2.55. The topological polar surface area (TPSA) is 162 Å². The van der Waals surface area contributed by atoms with Gasteiger partial charge >= 0.3 is 5.97 Å². The van der Waals surface area contributed by atoms with Gasteiger partial charge in [0.25, 0.3) is 11.8 Å². The first kappa shape index (κ1) is 32.0. The molecule has 47 heavy (non-hydrogen) atoms. The normalized spacial score (nSPS) is 17.8. The number of anilines is 1. The van der Waals surface area contributed by atoms with Gasteiger partial charge in [-0.25, -0.2) is 4.79 Å². The van der Waals surface area contributed by atoms with Gasteiger partial charge in [0.15, 0.2) is 11.2 Å². The maximum absolute atomic E-state index is 14.2. The fourth-order valence-corrected chi connectivity index (χ4v) is 7.69. The SMILES string of the molecule is CO/N=C(/C(=O)NC1C(=O)N2C(C(=O)OC(c3ccccc3)c3ccccc3)=C(S/C=C\c3cccnc3)CSC12)c1nsc(N)n1. The van der Waals surface area contributed by atoms with Crippen LogP contribution in [0, 0.1) is 0 Å². The minimum absolute atomic E-state index is 0.0251. The fraction of sp³-hybridized carbons (Fsp3) is 0.156. The van der Waals surface area contributed by atoms with Crippen LogP contribution < -0.4 is 11.1 Å². The van der Waals surface area contributed by atoms with Crippen LogP contribution >= 0.6 is 35.1 Å². The van der Waals surface area contributed by atoms with Crippen molar-refractivity contribution in [3.8, 4) is 0 Å². The molecule has 15 heteroatoms. The molecule has 0 radical (unpaired) electrons. The molecule has 1 saturated heterocycles. The summed E-state index contributed by atoms with van der Waals surface area (Å²) >= 11 is 3.63. The van der Waals surface area contributed by atoms with Crippen molar-refractivity contribution in [1.82, 2.24) is 24.6 Å². The zero-order valence-electron chi connectivity index (χ0n) is 24.8. The van der Waals surface area contributed by atoms with E-state index in [1.165, 1.54) is 35.5 Å². The number of carbonyl (C=O) groups excluding carboxylic acids is 3. The van der Waals surface area contributed by atoms with Crippen LogP contribution in [0.25, 0.3) is 6.08 Å². The predicted molar refractivity (Wildman–Crippen MR) is 182 cm³/mol. The summed E-state index contributed by atoms with van der Waals surface area (Å²) in [6.45, 7) is 0. The average Bonchev–Trinajstić information content (AvgIpc) is 3.54. The van der Waals surface area contributed by atoms with Crippen molar-refractivity contribution < 1.29 is 24.0 Å². The lowest BCUT2D eigenvalue weighted by molar-refractivity contribution is -0.154. The van der Waals surface area contributed by atoms with Gasteiger partial charge in [0.05, 0.1) is 0 Å². The van der Waals surface area contributed by atoms with Crippen LogP contribution in [0.5, 0.6) is 0 Å². The fourth-order valence-electron chi connectivity index (χ4n) is 4.90. The molecule has 2 atom stereocenters. The Morgan fingerprint density at radius 1 is 1.11 bits per heavy atom. The Bertz CT molecular complexity index is 1810. The molecule has 0 bridgehead atoms. The van der Waals surface area contributed by atoms with Crippen LogP contribution in [0.4, 0.5) is 5.13 Å². The minimum atomic E-state index is -0.954. The monoisotopic (exact) mass is 685 g/mol. The Morgan fingerprint density at radius 2 is 1.83 bits per heavy atom. The number of amides is 2. The molecule has 2 aromatic carbocycles. The highest BCUT2D eigenvalue weighted by atomic mass is 32.2. The first-order chi connectivity index (χ1) is 22.9. The van der Waals surface area contributed by atoms with Crippen LogP contribution in [0.2, 0.25) is 0 Å². The van der Waals surface area contributed by atoms with Gasteiger partial charge in [0.1, 0.15) is 24.2 Å². The Kier molecular flexibility index (Phi) is 9.94. The molecule has 4 heterocycles. The smallest absolute Gasteiger partial charge is 0.356 e. The van der Waals surface area contributed by atoms with Crippen LogP contribution in [0.3, 0.4) is 0 Å². The largest absolute Gasteiger partial charge is 0.448 e. The number of pyridine rings is 1. The third-order valence-corrected chi connectivity index (χ3v) is 9.95. The second kappa shape index (κ2) is 14.6. The summed E-state index contributed by atoms with van der Waals surface area (Å²) in [6, 6.07) is 21.6. The Hall–Kier alpha value is -4.99. The molecule has 2 aliphatic heterocycles. The quantitative estimate of drug-likeness (QED) is 0.101. The summed E-state index contributed by atoms with van der Waals surface area (Å²) in [6.07, 6.45) is 4.56. The number of fused-ring (bicyclic) bond motifs is 1. The molecule has 6 rings (SSSR count). The number of nitrogen functional groups attached to an aromatic ring is 1. The van der Waals surface area contributed by atoms with Crippen molar-refractivity contribution in [3.63, 3.8) is 0 Å². The second-order valence-corrected chi connectivity index (χ2v) is 12.9. The van der Waals surface area contributed by atoms with E-state index in [-0.39, 0.29) is 22.4 Å². The van der Waals surface area contributed by atoms with Crippen molar-refractivity contribution in [2.45, 2.75) is 17.5 Å². The predicted octanol–water partition coefficient (Wildman–Crippen LogP) is 4.21. The van der Waals surface area contributed by atoms with Crippen molar-refractivity contribution >= 4 is 69.8 Å². The van der Waals surface area contributed by atoms with Crippen molar-refractivity contribution in [3.05, 3.63) is 124 Å². The lowest BCUT2D eigenvalue weighted by atomic mass is 10.0. The molecule has 3 N–H and O–H groups in total. The Balaban J connectivity index is 1.29. The van der Waals surface area contributed by atoms with E-state index in [4.69, 9.17) is 15.3 Å². The van der Waals surface area contributed by atoms with E-state index >= 15 is 0 Å². The lowest BCUT2D eigenvalue weighted by Crippen LogP contribution is -2.71. The van der Waals surface area contributed by atoms with Crippen LogP contribution in [-0.2, 0) is 24.0 Å². The first-order valence-corrected chi connectivity index (χ1v) is 16.9. The van der Waals surface area contributed by atoms with E-state index in [2.05, 4.69) is 24.8 Å². The van der Waals surface area contributed by atoms with Gasteiger partial charge in [0, 0.05) is 34.6 Å². The lowest BCUT2D eigenvalue weighted by Gasteiger charge is -2.49. The van der Waals surface area contributed by atoms with Crippen LogP contribution in [0.15, 0.2) is 106 Å². The number of carbonyl (C=O) groups is 3. The number of rotatable bonds is 11. The van der Waals surface area contributed by atoms with E-state index in [9.17, 15) is 14.4 Å². The standard InChI is InChI=1S/C32H27N7O5S3/c1-43-37-23(27-36-32(33)47-38-27)28(40)35-24-29(41)39-25(22(18-46-30(24)39)45-16-14-19-9-8-15-34-17-19)31(42)44-26(20-10-4-2-5-11-20)21-12-6-3-7-13-21/h2-17,24,26,30H,18H2,1H3,(H,35,40)(H2,33,36,38)/b16-14-,37-23+. The van der Waals surface area contributed by atoms with Gasteiger partial charge in [-0.15, -0.1) is 11.8 Å². The van der Waals surface area contributed by atoms with Gasteiger partial charge in [-0.05, 0) is 34.2 Å². The minimum Gasteiger partial charge on any atom is -0.448 e. The first-order valence-electron chi connectivity index (χ1n) is 14.2. The van der Waals surface area contributed by atoms with Crippen molar-refractivity contribution in [2.75, 3.05) is 18.6 Å². The number of ether oxygens (including phenoxy) is 1. The average molecular weight is 686 g/mol. The third kappa shape index (κ3) is 7.06. The number of nitrogens with one attached hydrogen (secondary N) is 1. The molecule has 1 fully saturated rings. The number of nitrogens with two attached hydrogens (primary N) is 1. The zero-order valence-corrected chi connectivity index (χ0v) is 27.2. The van der Waals surface area contributed by atoms with E-state index in [1.54, 1.807) is 12.4 Å². The number of esters is 1. The number of thioether (sulfide) groups is 2. The van der Waals surface area contributed by atoms with Gasteiger partial charge < -0.3 is 20.6 Å². The summed E-state index contributed by atoms with van der Waals surface area (Å²) in [4.78, 5) is 56.1. The summed E-state index contributed by atoms with van der Waals surface area (Å²) in [5.41, 5.74) is 8.03. The maximum atomic E-state index is 14.2. The molecule has 2 aromatic heterocycles. The highest BCUT2D eigenvalue weighted by molar-refractivity contribution is 8.08. The summed E-state index contributed by atoms with van der Waals surface area (Å²) in [7, 11) is 1.28. The van der Waals surface area contributed by atoms with Crippen LogP contribution in [0.1, 0.15) is 28.6 Å². The molecule has 238 valence electrons. The molecular weight excluding hydrogens is 659 g/mol. The Labute approximate surface area is 282 Å². The van der Waals surface area contributed by atoms with Crippen molar-refractivity contribution in [2.24, 2.45) is 5.16 Å².